The number of rotatable bonds is 5. The molecule has 0 aromatic carbocycles. The fourth-order valence-electron chi connectivity index (χ4n) is 3.22. The van der Waals surface area contributed by atoms with Gasteiger partial charge in [-0.3, -0.25) is 4.79 Å². The van der Waals surface area contributed by atoms with Crippen molar-refractivity contribution in [1.29, 1.82) is 0 Å². The van der Waals surface area contributed by atoms with E-state index in [0.717, 1.165) is 31.2 Å². The van der Waals surface area contributed by atoms with Crippen LogP contribution in [-0.2, 0) is 12.8 Å². The van der Waals surface area contributed by atoms with Crippen LogP contribution in [0.25, 0.3) is 0 Å². The summed E-state index contributed by atoms with van der Waals surface area (Å²) < 4.78 is 0. The van der Waals surface area contributed by atoms with Gasteiger partial charge < -0.3 is 10.0 Å². The summed E-state index contributed by atoms with van der Waals surface area (Å²) in [4.78, 5) is 16.3. The zero-order valence-corrected chi connectivity index (χ0v) is 12.8. The lowest BCUT2D eigenvalue weighted by Gasteiger charge is -2.37. The van der Waals surface area contributed by atoms with Gasteiger partial charge in [0, 0.05) is 29.5 Å². The largest absolute Gasteiger partial charge is 0.396 e. The van der Waals surface area contributed by atoms with Crippen LogP contribution in [0.5, 0.6) is 0 Å². The Balaban J connectivity index is 1.79. The molecule has 1 heterocycles. The number of hydrogen-bond donors (Lipinski definition) is 1. The molecule has 0 spiro atoms. The second kappa shape index (κ2) is 6.27. The topological polar surface area (TPSA) is 40.5 Å². The molecule has 2 aliphatic rings. The lowest BCUT2D eigenvalue weighted by Crippen LogP contribution is -2.45. The van der Waals surface area contributed by atoms with Gasteiger partial charge in [0.15, 0.2) is 0 Å². The molecular weight excluding hydrogens is 270 g/mol. The van der Waals surface area contributed by atoms with E-state index >= 15 is 0 Å². The molecule has 20 heavy (non-hydrogen) atoms. The molecule has 1 amide bonds. The van der Waals surface area contributed by atoms with Gasteiger partial charge in [0.25, 0.3) is 5.91 Å². The molecule has 3 nitrogen and oxygen atoms in total. The number of fused-ring (bicyclic) bond motifs is 1. The third-order valence-electron chi connectivity index (χ3n) is 4.63. The van der Waals surface area contributed by atoms with E-state index < -0.39 is 0 Å². The number of thiophene rings is 1. The number of carbonyl (C=O) groups excluding carboxylic acids is 1. The molecule has 0 saturated heterocycles. The summed E-state index contributed by atoms with van der Waals surface area (Å²) in [6.07, 6.45) is 8.87. The monoisotopic (exact) mass is 293 g/mol. The summed E-state index contributed by atoms with van der Waals surface area (Å²) in [6.45, 7) is 0.864. The smallest absolute Gasteiger partial charge is 0.255 e. The molecule has 1 saturated carbocycles. The summed E-state index contributed by atoms with van der Waals surface area (Å²) in [5.74, 6) is 0.211. The van der Waals surface area contributed by atoms with Crippen molar-refractivity contribution < 1.29 is 9.90 Å². The molecule has 1 aromatic heterocycles. The Hall–Kier alpha value is -0.870. The Kier molecular flexibility index (Phi) is 4.41. The number of carbonyl (C=O) groups is 1. The van der Waals surface area contributed by atoms with Crippen LogP contribution in [0.15, 0.2) is 5.38 Å². The average Bonchev–Trinajstić information content (AvgIpc) is 2.84. The molecule has 2 aliphatic carbocycles. The molecule has 0 aliphatic heterocycles. The minimum absolute atomic E-state index is 0.165. The number of aliphatic hydroxyl groups excluding tert-OH is 1. The first-order valence-corrected chi connectivity index (χ1v) is 8.70. The van der Waals surface area contributed by atoms with Crippen LogP contribution in [0, 0.1) is 0 Å². The molecule has 0 bridgehead atoms. The highest BCUT2D eigenvalue weighted by molar-refractivity contribution is 7.10. The van der Waals surface area contributed by atoms with Gasteiger partial charge in [-0.1, -0.05) is 0 Å². The summed E-state index contributed by atoms with van der Waals surface area (Å²) >= 11 is 1.76. The second-order valence-corrected chi connectivity index (χ2v) is 6.88. The van der Waals surface area contributed by atoms with Gasteiger partial charge in [-0.2, -0.15) is 0 Å². The molecule has 4 heteroatoms. The molecule has 1 aromatic rings. The summed E-state index contributed by atoms with van der Waals surface area (Å²) in [5, 5.41) is 11.1. The Labute approximate surface area is 124 Å². The maximum atomic E-state index is 12.9. The van der Waals surface area contributed by atoms with Gasteiger partial charge in [0.05, 0.1) is 5.56 Å². The molecular formula is C16H23NO2S. The standard InChI is InChI=1S/C16H23NO2S/c18-10-4-9-17(12-5-3-6-12)16(19)14-11-20-15-8-2-1-7-13(14)15/h11-12,18H,1-10H2. The SMILES string of the molecule is O=C(c1csc2c1CCCC2)N(CCCO)C1CCC1. The van der Waals surface area contributed by atoms with E-state index in [9.17, 15) is 4.79 Å². The Morgan fingerprint density at radius 1 is 1.30 bits per heavy atom. The van der Waals surface area contributed by atoms with Crippen molar-refractivity contribution in [3.05, 3.63) is 21.4 Å². The summed E-state index contributed by atoms with van der Waals surface area (Å²) in [5.41, 5.74) is 2.27. The molecule has 0 radical (unpaired) electrons. The normalized spacial score (nSPS) is 18.4. The highest BCUT2D eigenvalue weighted by Gasteiger charge is 2.31. The van der Waals surface area contributed by atoms with E-state index in [-0.39, 0.29) is 12.5 Å². The molecule has 0 unspecified atom stereocenters. The van der Waals surface area contributed by atoms with Gasteiger partial charge in [0.2, 0.25) is 0 Å². The minimum Gasteiger partial charge on any atom is -0.396 e. The molecule has 1 N–H and O–H groups in total. The van der Waals surface area contributed by atoms with Gasteiger partial charge >= 0.3 is 0 Å². The van der Waals surface area contributed by atoms with Crippen LogP contribution >= 0.6 is 11.3 Å². The number of hydrogen-bond acceptors (Lipinski definition) is 3. The van der Waals surface area contributed by atoms with Crippen LogP contribution in [0.4, 0.5) is 0 Å². The highest BCUT2D eigenvalue weighted by Crippen LogP contribution is 2.33. The van der Waals surface area contributed by atoms with Crippen molar-refractivity contribution in [3.8, 4) is 0 Å². The predicted octanol–water partition coefficient (Wildman–Crippen LogP) is 3.00. The van der Waals surface area contributed by atoms with Crippen LogP contribution in [0.2, 0.25) is 0 Å². The van der Waals surface area contributed by atoms with Crippen LogP contribution in [0.1, 0.15) is 59.3 Å². The van der Waals surface area contributed by atoms with Gasteiger partial charge in [-0.15, -0.1) is 11.3 Å². The number of amides is 1. The number of nitrogens with zero attached hydrogens (tertiary/aromatic N) is 1. The van der Waals surface area contributed by atoms with E-state index in [1.54, 1.807) is 11.3 Å². The first kappa shape index (κ1) is 14.1. The van der Waals surface area contributed by atoms with Crippen LogP contribution < -0.4 is 0 Å². The summed E-state index contributed by atoms with van der Waals surface area (Å²) in [6, 6.07) is 0.410. The van der Waals surface area contributed by atoms with E-state index in [1.165, 1.54) is 29.7 Å². The van der Waals surface area contributed by atoms with Crippen molar-refractivity contribution in [1.82, 2.24) is 4.90 Å². The highest BCUT2D eigenvalue weighted by atomic mass is 32.1. The molecule has 1 fully saturated rings. The van der Waals surface area contributed by atoms with E-state index in [1.807, 2.05) is 4.90 Å². The minimum atomic E-state index is 0.165. The van der Waals surface area contributed by atoms with E-state index in [0.29, 0.717) is 19.0 Å². The lowest BCUT2D eigenvalue weighted by molar-refractivity contribution is 0.0562. The van der Waals surface area contributed by atoms with Gasteiger partial charge in [-0.25, -0.2) is 0 Å². The zero-order chi connectivity index (χ0) is 13.9. The Morgan fingerprint density at radius 3 is 2.80 bits per heavy atom. The quantitative estimate of drug-likeness (QED) is 0.906. The van der Waals surface area contributed by atoms with Crippen molar-refractivity contribution in [2.75, 3.05) is 13.2 Å². The average molecular weight is 293 g/mol. The van der Waals surface area contributed by atoms with E-state index in [2.05, 4.69) is 5.38 Å². The van der Waals surface area contributed by atoms with E-state index in [4.69, 9.17) is 5.11 Å². The van der Waals surface area contributed by atoms with Gasteiger partial charge in [0.1, 0.15) is 0 Å². The zero-order valence-electron chi connectivity index (χ0n) is 11.9. The third-order valence-corrected chi connectivity index (χ3v) is 5.71. The lowest BCUT2D eigenvalue weighted by atomic mass is 9.90. The van der Waals surface area contributed by atoms with Crippen molar-refractivity contribution >= 4 is 17.2 Å². The number of aryl methyl sites for hydroxylation is 1. The third kappa shape index (κ3) is 2.63. The maximum Gasteiger partial charge on any atom is 0.255 e. The Bertz CT molecular complexity index is 479. The molecule has 110 valence electrons. The fraction of sp³-hybridized carbons (Fsp3) is 0.688. The number of aliphatic hydroxyl groups is 1. The van der Waals surface area contributed by atoms with Crippen LogP contribution in [-0.4, -0.2) is 35.1 Å². The van der Waals surface area contributed by atoms with Crippen molar-refractivity contribution in [3.63, 3.8) is 0 Å². The molecule has 3 rings (SSSR count). The second-order valence-electron chi connectivity index (χ2n) is 5.92. The predicted molar refractivity (Wildman–Crippen MR) is 81.3 cm³/mol. The first-order valence-electron chi connectivity index (χ1n) is 7.82. The van der Waals surface area contributed by atoms with Crippen molar-refractivity contribution in [2.24, 2.45) is 0 Å². The fourth-order valence-corrected chi connectivity index (χ4v) is 4.34. The first-order chi connectivity index (χ1) is 9.81. The van der Waals surface area contributed by atoms with Crippen molar-refractivity contribution in [2.45, 2.75) is 57.4 Å². The van der Waals surface area contributed by atoms with Crippen LogP contribution in [0.3, 0.4) is 0 Å². The summed E-state index contributed by atoms with van der Waals surface area (Å²) in [7, 11) is 0. The van der Waals surface area contributed by atoms with Gasteiger partial charge in [-0.05, 0) is 56.9 Å². The molecule has 0 atom stereocenters. The Morgan fingerprint density at radius 2 is 2.10 bits per heavy atom. The maximum absolute atomic E-state index is 12.9.